The van der Waals surface area contributed by atoms with Crippen LogP contribution in [0.4, 0.5) is 11.4 Å². The average Bonchev–Trinajstić information content (AvgIpc) is 2.78. The van der Waals surface area contributed by atoms with Crippen LogP contribution >= 0.6 is 0 Å². The van der Waals surface area contributed by atoms with Crippen LogP contribution in [-0.2, 0) is 25.5 Å². The fourth-order valence-corrected chi connectivity index (χ4v) is 3.49. The monoisotopic (exact) mass is 438 g/mol. The second-order valence-electron chi connectivity index (χ2n) is 6.20. The summed E-state index contributed by atoms with van der Waals surface area (Å²) in [5.41, 5.74) is 1.54. The molecule has 31 heavy (non-hydrogen) atoms. The fourth-order valence-electron chi connectivity index (χ4n) is 2.91. The van der Waals surface area contributed by atoms with E-state index in [1.54, 1.807) is 78.9 Å². The Kier molecular flexibility index (Phi) is 7.42. The van der Waals surface area contributed by atoms with Crippen LogP contribution in [0, 0.1) is 0 Å². The van der Waals surface area contributed by atoms with Crippen molar-refractivity contribution in [3.8, 4) is 11.5 Å². The Balaban J connectivity index is 1.98. The van der Waals surface area contributed by atoms with Gasteiger partial charge >= 0.3 is 5.97 Å². The van der Waals surface area contributed by atoms with Crippen molar-refractivity contribution in [3.05, 3.63) is 90.7 Å². The van der Waals surface area contributed by atoms with E-state index in [1.165, 1.54) is 20.5 Å². The number of anilines is 2. The van der Waals surface area contributed by atoms with Gasteiger partial charge in [0, 0.05) is 11.6 Å². The summed E-state index contributed by atoms with van der Waals surface area (Å²) in [7, 11) is 2.71. The Morgan fingerprint density at radius 2 is 1.61 bits per heavy atom. The predicted molar refractivity (Wildman–Crippen MR) is 117 cm³/mol. The van der Waals surface area contributed by atoms with Crippen LogP contribution in [-0.4, -0.2) is 29.0 Å². The molecule has 0 bridgehead atoms. The number of benzene rings is 3. The number of hydrogen-bond donors (Lipinski definition) is 0. The van der Waals surface area contributed by atoms with E-state index in [0.717, 1.165) is 4.31 Å². The SMILES string of the molecule is COC=C(C(=O)OC)c1ccccc1Oc1cccc(N(c2ccccc2)S(=O)[O-])c1. The summed E-state index contributed by atoms with van der Waals surface area (Å²) in [6.07, 6.45) is 1.28. The van der Waals surface area contributed by atoms with Gasteiger partial charge in [-0.25, -0.2) is 4.79 Å². The molecule has 0 fully saturated rings. The summed E-state index contributed by atoms with van der Waals surface area (Å²) in [4.78, 5) is 12.2. The number of rotatable bonds is 8. The zero-order valence-corrected chi connectivity index (χ0v) is 17.7. The third-order valence-electron chi connectivity index (χ3n) is 4.24. The lowest BCUT2D eigenvalue weighted by Gasteiger charge is -2.26. The minimum atomic E-state index is -2.54. The summed E-state index contributed by atoms with van der Waals surface area (Å²) in [5.74, 6) is 0.185. The lowest BCUT2D eigenvalue weighted by molar-refractivity contribution is -0.133. The molecule has 0 heterocycles. The van der Waals surface area contributed by atoms with Gasteiger partial charge in [0.25, 0.3) is 0 Å². The number of carbonyl (C=O) groups is 1. The van der Waals surface area contributed by atoms with Crippen LogP contribution in [0.1, 0.15) is 5.56 Å². The van der Waals surface area contributed by atoms with Crippen LogP contribution in [0.15, 0.2) is 85.1 Å². The normalized spacial score (nSPS) is 12.0. The smallest absolute Gasteiger partial charge is 0.341 e. The van der Waals surface area contributed by atoms with E-state index in [9.17, 15) is 13.6 Å². The lowest BCUT2D eigenvalue weighted by Crippen LogP contribution is -2.19. The van der Waals surface area contributed by atoms with Crippen LogP contribution in [0.3, 0.4) is 0 Å². The predicted octanol–water partition coefficient (Wildman–Crippen LogP) is 4.57. The molecule has 0 N–H and O–H groups in total. The standard InChI is InChI=1S/C23H21NO6S/c1-28-16-21(23(25)29-2)20-13-6-7-14-22(20)30-19-12-8-11-18(15-19)24(31(26)27)17-9-4-3-5-10-17/h3-16H,1-2H3,(H,26,27)/p-1. The van der Waals surface area contributed by atoms with Gasteiger partial charge in [-0.1, -0.05) is 42.5 Å². The highest BCUT2D eigenvalue weighted by Crippen LogP contribution is 2.34. The molecule has 1 unspecified atom stereocenters. The van der Waals surface area contributed by atoms with Crippen LogP contribution in [0.2, 0.25) is 0 Å². The molecular weight excluding hydrogens is 418 g/mol. The summed E-state index contributed by atoms with van der Waals surface area (Å²) >= 11 is -2.54. The molecule has 3 aromatic carbocycles. The number of nitrogens with zero attached hydrogens (tertiary/aromatic N) is 1. The first kappa shape index (κ1) is 22.1. The minimum Gasteiger partial charge on any atom is -0.755 e. The number of ether oxygens (including phenoxy) is 3. The van der Waals surface area contributed by atoms with Crippen molar-refractivity contribution < 1.29 is 27.8 Å². The van der Waals surface area contributed by atoms with Gasteiger partial charge in [0.2, 0.25) is 0 Å². The van der Waals surface area contributed by atoms with Crippen molar-refractivity contribution in [1.82, 2.24) is 0 Å². The molecule has 0 radical (unpaired) electrons. The van der Waals surface area contributed by atoms with Gasteiger partial charge in [-0.15, -0.1) is 0 Å². The van der Waals surface area contributed by atoms with Crippen LogP contribution in [0.5, 0.6) is 11.5 Å². The maximum atomic E-state index is 12.2. The maximum Gasteiger partial charge on any atom is 0.341 e. The second-order valence-corrected chi connectivity index (χ2v) is 7.00. The summed E-state index contributed by atoms with van der Waals surface area (Å²) in [6.45, 7) is 0. The zero-order valence-electron chi connectivity index (χ0n) is 16.9. The first-order chi connectivity index (χ1) is 15.0. The second kappa shape index (κ2) is 10.4. The Hall–Kier alpha value is -3.62. The lowest BCUT2D eigenvalue weighted by atomic mass is 10.1. The Bertz CT molecular complexity index is 1100. The first-order valence-corrected chi connectivity index (χ1v) is 10.2. The van der Waals surface area contributed by atoms with Gasteiger partial charge in [-0.3, -0.25) is 8.51 Å². The van der Waals surface area contributed by atoms with E-state index in [0.29, 0.717) is 28.4 Å². The van der Waals surface area contributed by atoms with Crippen LogP contribution < -0.4 is 9.04 Å². The van der Waals surface area contributed by atoms with E-state index in [-0.39, 0.29) is 5.57 Å². The molecule has 160 valence electrons. The van der Waals surface area contributed by atoms with E-state index in [1.807, 2.05) is 0 Å². The molecule has 1 atom stereocenters. The van der Waals surface area contributed by atoms with Crippen molar-refractivity contribution >= 4 is 34.2 Å². The number of esters is 1. The molecule has 0 saturated carbocycles. The molecule has 0 saturated heterocycles. The molecule has 0 aliphatic carbocycles. The number of methoxy groups -OCH3 is 2. The van der Waals surface area contributed by atoms with Gasteiger partial charge in [-0.05, 0) is 30.3 Å². The zero-order chi connectivity index (χ0) is 22.2. The van der Waals surface area contributed by atoms with Gasteiger partial charge in [0.15, 0.2) is 0 Å². The van der Waals surface area contributed by atoms with Crippen molar-refractivity contribution in [2.45, 2.75) is 0 Å². The van der Waals surface area contributed by atoms with E-state index in [4.69, 9.17) is 14.2 Å². The molecule has 0 amide bonds. The summed E-state index contributed by atoms with van der Waals surface area (Å²) < 4.78 is 40.8. The highest BCUT2D eigenvalue weighted by molar-refractivity contribution is 7.81. The van der Waals surface area contributed by atoms with Crippen molar-refractivity contribution in [1.29, 1.82) is 0 Å². The van der Waals surface area contributed by atoms with Gasteiger partial charge in [0.1, 0.15) is 17.1 Å². The van der Waals surface area contributed by atoms with E-state index in [2.05, 4.69) is 0 Å². The van der Waals surface area contributed by atoms with Crippen molar-refractivity contribution in [2.24, 2.45) is 0 Å². The van der Waals surface area contributed by atoms with Gasteiger partial charge in [0.05, 0.1) is 43.1 Å². The summed E-state index contributed by atoms with van der Waals surface area (Å²) in [5, 5.41) is 0. The first-order valence-electron chi connectivity index (χ1n) is 9.18. The van der Waals surface area contributed by atoms with Crippen molar-refractivity contribution in [3.63, 3.8) is 0 Å². The topological polar surface area (TPSA) is 88.1 Å². The highest BCUT2D eigenvalue weighted by atomic mass is 32.2. The maximum absolute atomic E-state index is 12.2. The van der Waals surface area contributed by atoms with Gasteiger partial charge in [-0.2, -0.15) is 0 Å². The largest absolute Gasteiger partial charge is 0.755 e. The average molecular weight is 438 g/mol. The number of hydrogen-bond acceptors (Lipinski definition) is 6. The van der Waals surface area contributed by atoms with Crippen LogP contribution in [0.25, 0.3) is 5.57 Å². The van der Waals surface area contributed by atoms with E-state index >= 15 is 0 Å². The third kappa shape index (κ3) is 5.30. The Labute approximate surface area is 182 Å². The Morgan fingerprint density at radius 3 is 2.29 bits per heavy atom. The molecule has 0 spiro atoms. The number of para-hydroxylation sites is 2. The molecule has 3 rings (SSSR count). The molecule has 0 aliphatic heterocycles. The highest BCUT2D eigenvalue weighted by Gasteiger charge is 2.18. The third-order valence-corrected chi connectivity index (χ3v) is 4.96. The molecule has 0 aromatic heterocycles. The fraction of sp³-hybridized carbons (Fsp3) is 0.0870. The number of carbonyl (C=O) groups excluding carboxylic acids is 1. The molecule has 0 aliphatic rings. The van der Waals surface area contributed by atoms with Gasteiger partial charge < -0.3 is 18.8 Å². The van der Waals surface area contributed by atoms with E-state index < -0.39 is 17.2 Å². The van der Waals surface area contributed by atoms with Crippen molar-refractivity contribution in [2.75, 3.05) is 18.5 Å². The Morgan fingerprint density at radius 1 is 0.935 bits per heavy atom. The molecular formula is C23H20NO6S-. The molecule has 8 heteroatoms. The molecule has 3 aromatic rings. The quantitative estimate of drug-likeness (QED) is 0.222. The molecule has 7 nitrogen and oxygen atoms in total. The minimum absolute atomic E-state index is 0.184. The summed E-state index contributed by atoms with van der Waals surface area (Å²) in [6, 6.07) is 22.2.